The molecule has 1 aliphatic rings. The minimum atomic E-state index is -0.473. The summed E-state index contributed by atoms with van der Waals surface area (Å²) >= 11 is 0. The van der Waals surface area contributed by atoms with Gasteiger partial charge in [0.2, 0.25) is 0 Å². The predicted octanol–water partition coefficient (Wildman–Crippen LogP) is -0.245. The number of methoxy groups -OCH3 is 2. The van der Waals surface area contributed by atoms with Crippen molar-refractivity contribution in [1.29, 1.82) is 0 Å². The van der Waals surface area contributed by atoms with Crippen LogP contribution in [-0.4, -0.2) is 44.4 Å². The lowest BCUT2D eigenvalue weighted by molar-refractivity contribution is -0.211. The molecule has 66 valence electrons. The topological polar surface area (TPSA) is 47.9 Å². The molecule has 0 aromatic carbocycles. The Bertz CT molecular complexity index is 117. The van der Waals surface area contributed by atoms with E-state index in [-0.39, 0.29) is 12.4 Å². The maximum absolute atomic E-state index is 9.39. The first kappa shape index (κ1) is 8.93. The molecule has 0 spiro atoms. The van der Waals surface area contributed by atoms with Gasteiger partial charge in [0.25, 0.3) is 0 Å². The third-order valence-electron chi connectivity index (χ3n) is 1.88. The van der Waals surface area contributed by atoms with E-state index < -0.39 is 6.10 Å². The Morgan fingerprint density at radius 2 is 2.09 bits per heavy atom. The van der Waals surface area contributed by atoms with Crippen molar-refractivity contribution in [3.8, 4) is 0 Å². The summed E-state index contributed by atoms with van der Waals surface area (Å²) in [6, 6.07) is 0. The SMILES string of the molecule is CO[C@H]1C[C@H](O)[C@H](OC)CO1. The number of ether oxygens (including phenoxy) is 3. The number of rotatable bonds is 2. The Hall–Kier alpha value is -0.160. The van der Waals surface area contributed by atoms with Gasteiger partial charge in [-0.1, -0.05) is 0 Å². The molecule has 0 aliphatic carbocycles. The third kappa shape index (κ3) is 2.13. The highest BCUT2D eigenvalue weighted by Crippen LogP contribution is 2.16. The van der Waals surface area contributed by atoms with Crippen LogP contribution in [0.1, 0.15) is 6.42 Å². The average Bonchev–Trinajstić information content (AvgIpc) is 2.04. The second kappa shape index (κ2) is 4.01. The van der Waals surface area contributed by atoms with Gasteiger partial charge >= 0.3 is 0 Å². The van der Waals surface area contributed by atoms with Crippen molar-refractivity contribution in [3.63, 3.8) is 0 Å². The third-order valence-corrected chi connectivity index (χ3v) is 1.88. The number of hydrogen-bond donors (Lipinski definition) is 1. The molecule has 0 unspecified atom stereocenters. The van der Waals surface area contributed by atoms with Gasteiger partial charge in [-0.05, 0) is 0 Å². The molecule has 4 nitrogen and oxygen atoms in total. The minimum Gasteiger partial charge on any atom is -0.390 e. The summed E-state index contributed by atoms with van der Waals surface area (Å²) in [6.45, 7) is 0.399. The van der Waals surface area contributed by atoms with Crippen molar-refractivity contribution >= 4 is 0 Å². The summed E-state index contributed by atoms with van der Waals surface area (Å²) < 4.78 is 15.1. The van der Waals surface area contributed by atoms with Gasteiger partial charge < -0.3 is 19.3 Å². The van der Waals surface area contributed by atoms with E-state index in [1.807, 2.05) is 0 Å². The summed E-state index contributed by atoms with van der Waals surface area (Å²) in [5.74, 6) is 0. The van der Waals surface area contributed by atoms with E-state index in [0.29, 0.717) is 13.0 Å². The summed E-state index contributed by atoms with van der Waals surface area (Å²) in [4.78, 5) is 0. The molecule has 0 aromatic rings. The fourth-order valence-electron chi connectivity index (χ4n) is 1.12. The van der Waals surface area contributed by atoms with E-state index in [2.05, 4.69) is 0 Å². The minimum absolute atomic E-state index is 0.207. The van der Waals surface area contributed by atoms with Crippen molar-refractivity contribution in [2.45, 2.75) is 24.9 Å². The highest BCUT2D eigenvalue weighted by atomic mass is 16.7. The molecule has 0 radical (unpaired) electrons. The first-order valence-electron chi connectivity index (χ1n) is 3.63. The molecule has 1 aliphatic heterocycles. The van der Waals surface area contributed by atoms with Crippen LogP contribution < -0.4 is 0 Å². The van der Waals surface area contributed by atoms with Crippen molar-refractivity contribution in [2.75, 3.05) is 20.8 Å². The van der Waals surface area contributed by atoms with E-state index in [0.717, 1.165) is 0 Å². The lowest BCUT2D eigenvalue weighted by Gasteiger charge is -2.31. The molecule has 0 aromatic heterocycles. The van der Waals surface area contributed by atoms with E-state index in [9.17, 15) is 5.11 Å². The van der Waals surface area contributed by atoms with Gasteiger partial charge in [-0.25, -0.2) is 0 Å². The van der Waals surface area contributed by atoms with Gasteiger partial charge in [0.15, 0.2) is 6.29 Å². The molecule has 4 heteroatoms. The van der Waals surface area contributed by atoms with Crippen LogP contribution in [0.15, 0.2) is 0 Å². The molecule has 1 saturated heterocycles. The summed E-state index contributed by atoms with van der Waals surface area (Å²) in [5, 5.41) is 9.39. The number of aliphatic hydroxyl groups is 1. The van der Waals surface area contributed by atoms with Crippen LogP contribution in [0.4, 0.5) is 0 Å². The highest BCUT2D eigenvalue weighted by Gasteiger charge is 2.29. The maximum atomic E-state index is 9.39. The van der Waals surface area contributed by atoms with Gasteiger partial charge in [-0.2, -0.15) is 0 Å². The monoisotopic (exact) mass is 162 g/mol. The van der Waals surface area contributed by atoms with Gasteiger partial charge in [0.1, 0.15) is 6.10 Å². The van der Waals surface area contributed by atoms with Gasteiger partial charge in [-0.3, -0.25) is 0 Å². The molecule has 0 bridgehead atoms. The smallest absolute Gasteiger partial charge is 0.159 e. The largest absolute Gasteiger partial charge is 0.390 e. The molecule has 0 amide bonds. The van der Waals surface area contributed by atoms with Crippen LogP contribution in [-0.2, 0) is 14.2 Å². The van der Waals surface area contributed by atoms with E-state index in [4.69, 9.17) is 14.2 Å². The van der Waals surface area contributed by atoms with Gasteiger partial charge in [-0.15, -0.1) is 0 Å². The predicted molar refractivity (Wildman–Crippen MR) is 38.2 cm³/mol. The summed E-state index contributed by atoms with van der Waals surface area (Å²) in [6.07, 6.45) is -0.480. The molecule has 1 rings (SSSR count). The van der Waals surface area contributed by atoms with Crippen molar-refractivity contribution < 1.29 is 19.3 Å². The quantitative estimate of drug-likeness (QED) is 0.608. The Labute approximate surface area is 66.1 Å². The normalized spacial score (nSPS) is 39.0. The molecule has 11 heavy (non-hydrogen) atoms. The summed E-state index contributed by atoms with van der Waals surface area (Å²) in [7, 11) is 3.12. The Kier molecular flexibility index (Phi) is 3.26. The van der Waals surface area contributed by atoms with E-state index in [1.165, 1.54) is 0 Å². The zero-order valence-corrected chi connectivity index (χ0v) is 6.82. The van der Waals surface area contributed by atoms with Crippen LogP contribution in [0.3, 0.4) is 0 Å². The molecule has 1 fully saturated rings. The second-order valence-corrected chi connectivity index (χ2v) is 2.58. The fraction of sp³-hybridized carbons (Fsp3) is 1.00. The molecule has 1 N–H and O–H groups in total. The Morgan fingerprint density at radius 3 is 2.55 bits per heavy atom. The molecule has 3 atom stereocenters. The van der Waals surface area contributed by atoms with E-state index in [1.54, 1.807) is 14.2 Å². The van der Waals surface area contributed by atoms with Crippen LogP contribution in [0.2, 0.25) is 0 Å². The Morgan fingerprint density at radius 1 is 1.36 bits per heavy atom. The first-order chi connectivity index (χ1) is 5.27. The molecule has 1 heterocycles. The molecular formula is C7H14O4. The zero-order valence-electron chi connectivity index (χ0n) is 6.82. The maximum Gasteiger partial charge on any atom is 0.159 e. The van der Waals surface area contributed by atoms with Crippen LogP contribution >= 0.6 is 0 Å². The molecule has 0 saturated carbocycles. The van der Waals surface area contributed by atoms with Crippen molar-refractivity contribution in [3.05, 3.63) is 0 Å². The standard InChI is InChI=1S/C7H14O4/c1-9-6-4-11-7(10-2)3-5(6)8/h5-8H,3-4H2,1-2H3/t5-,6+,7+/m0/s1. The van der Waals surface area contributed by atoms with Crippen LogP contribution in [0.25, 0.3) is 0 Å². The van der Waals surface area contributed by atoms with Crippen molar-refractivity contribution in [2.24, 2.45) is 0 Å². The fourth-order valence-corrected chi connectivity index (χ4v) is 1.12. The van der Waals surface area contributed by atoms with Gasteiger partial charge in [0, 0.05) is 20.6 Å². The van der Waals surface area contributed by atoms with Crippen LogP contribution in [0.5, 0.6) is 0 Å². The van der Waals surface area contributed by atoms with Crippen molar-refractivity contribution in [1.82, 2.24) is 0 Å². The average molecular weight is 162 g/mol. The lowest BCUT2D eigenvalue weighted by Crippen LogP contribution is -2.42. The van der Waals surface area contributed by atoms with Crippen LogP contribution in [0, 0.1) is 0 Å². The zero-order chi connectivity index (χ0) is 8.27. The summed E-state index contributed by atoms with van der Waals surface area (Å²) in [5.41, 5.74) is 0. The van der Waals surface area contributed by atoms with E-state index >= 15 is 0 Å². The lowest BCUT2D eigenvalue weighted by atomic mass is 10.1. The number of hydrogen-bond acceptors (Lipinski definition) is 4. The highest BCUT2D eigenvalue weighted by molar-refractivity contribution is 4.74. The first-order valence-corrected chi connectivity index (χ1v) is 3.63. The second-order valence-electron chi connectivity index (χ2n) is 2.58. The van der Waals surface area contributed by atoms with Gasteiger partial charge in [0.05, 0.1) is 12.7 Å². The molecular weight excluding hydrogens is 148 g/mol. The number of aliphatic hydroxyl groups excluding tert-OH is 1. The Balaban J connectivity index is 2.34.